The highest BCUT2D eigenvalue weighted by Gasteiger charge is 2.12. The lowest BCUT2D eigenvalue weighted by Gasteiger charge is -2.06. The number of rotatable bonds is 5. The summed E-state index contributed by atoms with van der Waals surface area (Å²) < 4.78 is 12.4. The third-order valence-corrected chi connectivity index (χ3v) is 5.14. The van der Waals surface area contributed by atoms with E-state index in [1.807, 2.05) is 36.4 Å². The van der Waals surface area contributed by atoms with Crippen LogP contribution in [0.1, 0.15) is 6.42 Å². The maximum absolute atomic E-state index is 12.4. The van der Waals surface area contributed by atoms with Crippen LogP contribution in [0.2, 0.25) is 5.02 Å². The van der Waals surface area contributed by atoms with Crippen LogP contribution >= 0.6 is 11.6 Å². The van der Waals surface area contributed by atoms with Crippen molar-refractivity contribution in [1.82, 2.24) is 9.55 Å². The van der Waals surface area contributed by atoms with Crippen LogP contribution in [-0.4, -0.2) is 15.5 Å². The van der Waals surface area contributed by atoms with E-state index in [9.17, 15) is 9.59 Å². The molecule has 5 rings (SSSR count). The SMILES string of the molecule is O=C(CCn1c(=O)oc2cc(Cl)ccc21)Nc1ccc(-c2nc3ccccc3o2)cc1. The lowest BCUT2D eigenvalue weighted by atomic mass is 10.2. The zero-order valence-electron chi connectivity index (χ0n) is 16.2. The van der Waals surface area contributed by atoms with Gasteiger partial charge in [0.1, 0.15) is 5.52 Å². The second kappa shape index (κ2) is 7.77. The van der Waals surface area contributed by atoms with Gasteiger partial charge in [0.15, 0.2) is 11.2 Å². The number of anilines is 1. The van der Waals surface area contributed by atoms with Crippen molar-refractivity contribution in [1.29, 1.82) is 0 Å². The number of carbonyl (C=O) groups is 1. The van der Waals surface area contributed by atoms with Gasteiger partial charge in [-0.15, -0.1) is 0 Å². The van der Waals surface area contributed by atoms with Gasteiger partial charge in [-0.1, -0.05) is 23.7 Å². The molecule has 154 valence electrons. The molecule has 0 radical (unpaired) electrons. The molecule has 7 nitrogen and oxygen atoms in total. The number of aromatic nitrogens is 2. The minimum absolute atomic E-state index is 0.115. The molecule has 0 atom stereocenters. The Kier molecular flexibility index (Phi) is 4.80. The van der Waals surface area contributed by atoms with Crippen LogP contribution in [-0.2, 0) is 11.3 Å². The molecule has 2 heterocycles. The Hall–Kier alpha value is -3.84. The van der Waals surface area contributed by atoms with Gasteiger partial charge in [-0.05, 0) is 48.5 Å². The molecule has 31 heavy (non-hydrogen) atoms. The molecule has 1 N–H and O–H groups in total. The summed E-state index contributed by atoms with van der Waals surface area (Å²) in [5.41, 5.74) is 3.96. The predicted molar refractivity (Wildman–Crippen MR) is 118 cm³/mol. The number of aryl methyl sites for hydroxylation is 1. The van der Waals surface area contributed by atoms with Crippen molar-refractivity contribution < 1.29 is 13.6 Å². The van der Waals surface area contributed by atoms with Crippen LogP contribution in [0.15, 0.2) is 80.4 Å². The Bertz CT molecular complexity index is 1430. The van der Waals surface area contributed by atoms with E-state index in [4.69, 9.17) is 20.4 Å². The second-order valence-corrected chi connectivity index (χ2v) is 7.43. The van der Waals surface area contributed by atoms with Gasteiger partial charge in [0.2, 0.25) is 11.8 Å². The summed E-state index contributed by atoms with van der Waals surface area (Å²) in [6.45, 7) is 0.195. The van der Waals surface area contributed by atoms with Gasteiger partial charge in [0.05, 0.1) is 5.52 Å². The predicted octanol–water partition coefficient (Wildman–Crippen LogP) is 5.08. The lowest BCUT2D eigenvalue weighted by molar-refractivity contribution is -0.116. The molecule has 0 fully saturated rings. The van der Waals surface area contributed by atoms with Gasteiger partial charge in [0.25, 0.3) is 0 Å². The first kappa shape index (κ1) is 19.1. The standard InChI is InChI=1S/C23H16ClN3O4/c24-15-7-10-18-20(13-15)31-23(29)27(18)12-11-21(28)25-16-8-5-14(6-9-16)22-26-17-3-1-2-4-19(17)30-22/h1-10,13H,11-12H2,(H,25,28). The van der Waals surface area contributed by atoms with Crippen molar-refractivity contribution in [3.05, 3.63) is 82.3 Å². The van der Waals surface area contributed by atoms with Crippen molar-refractivity contribution in [3.8, 4) is 11.5 Å². The number of para-hydroxylation sites is 2. The van der Waals surface area contributed by atoms with E-state index in [1.54, 1.807) is 30.3 Å². The van der Waals surface area contributed by atoms with Gasteiger partial charge in [-0.3, -0.25) is 9.36 Å². The number of hydrogen-bond donors (Lipinski definition) is 1. The van der Waals surface area contributed by atoms with E-state index < -0.39 is 5.76 Å². The number of halogens is 1. The van der Waals surface area contributed by atoms with Crippen LogP contribution in [0.5, 0.6) is 0 Å². The second-order valence-electron chi connectivity index (χ2n) is 6.99. The average molecular weight is 434 g/mol. The summed E-state index contributed by atoms with van der Waals surface area (Å²) in [6, 6.07) is 19.7. The number of carbonyl (C=O) groups excluding carboxylic acids is 1. The summed E-state index contributed by atoms with van der Waals surface area (Å²) >= 11 is 5.92. The molecule has 1 amide bonds. The molecule has 3 aromatic carbocycles. The molecule has 0 aliphatic heterocycles. The van der Waals surface area contributed by atoms with Crippen LogP contribution in [0, 0.1) is 0 Å². The van der Waals surface area contributed by atoms with Gasteiger partial charge >= 0.3 is 5.76 Å². The number of benzene rings is 3. The summed E-state index contributed by atoms with van der Waals surface area (Å²) in [4.78, 5) is 28.9. The van der Waals surface area contributed by atoms with Crippen molar-refractivity contribution in [2.75, 3.05) is 5.32 Å². The minimum atomic E-state index is -0.521. The maximum Gasteiger partial charge on any atom is 0.419 e. The fraction of sp³-hybridized carbons (Fsp3) is 0.0870. The van der Waals surface area contributed by atoms with Gasteiger partial charge in [-0.25, -0.2) is 9.78 Å². The Labute approximate surface area is 180 Å². The first-order valence-electron chi connectivity index (χ1n) is 9.61. The van der Waals surface area contributed by atoms with E-state index in [0.29, 0.717) is 27.7 Å². The Balaban J connectivity index is 1.26. The van der Waals surface area contributed by atoms with E-state index in [2.05, 4.69) is 10.3 Å². The highest BCUT2D eigenvalue weighted by molar-refractivity contribution is 6.31. The summed E-state index contributed by atoms with van der Waals surface area (Å²) in [6.07, 6.45) is 0.115. The molecule has 8 heteroatoms. The molecule has 0 aliphatic carbocycles. The number of oxazole rings is 2. The van der Waals surface area contributed by atoms with E-state index in [0.717, 1.165) is 16.7 Å². The Morgan fingerprint density at radius 3 is 2.61 bits per heavy atom. The van der Waals surface area contributed by atoms with Crippen LogP contribution in [0.25, 0.3) is 33.7 Å². The normalized spacial score (nSPS) is 11.3. The molecular formula is C23H16ClN3O4. The van der Waals surface area contributed by atoms with E-state index in [1.165, 1.54) is 4.57 Å². The highest BCUT2D eigenvalue weighted by atomic mass is 35.5. The molecular weight excluding hydrogens is 418 g/mol. The number of hydrogen-bond acceptors (Lipinski definition) is 5. The smallest absolute Gasteiger partial charge is 0.419 e. The topological polar surface area (TPSA) is 90.3 Å². The van der Waals surface area contributed by atoms with Crippen molar-refractivity contribution in [3.63, 3.8) is 0 Å². The molecule has 0 unspecified atom stereocenters. The fourth-order valence-corrected chi connectivity index (χ4v) is 3.54. The molecule has 0 saturated carbocycles. The maximum atomic E-state index is 12.4. The van der Waals surface area contributed by atoms with Crippen LogP contribution in [0.3, 0.4) is 0 Å². The van der Waals surface area contributed by atoms with Gasteiger partial charge in [0, 0.05) is 35.3 Å². The summed E-state index contributed by atoms with van der Waals surface area (Å²) in [5, 5.41) is 3.31. The molecule has 5 aromatic rings. The molecule has 0 saturated heterocycles. The molecule has 0 aliphatic rings. The first-order valence-corrected chi connectivity index (χ1v) is 9.99. The summed E-state index contributed by atoms with van der Waals surface area (Å²) in [5.74, 6) is -0.219. The number of fused-ring (bicyclic) bond motifs is 2. The summed E-state index contributed by atoms with van der Waals surface area (Å²) in [7, 11) is 0. The fourth-order valence-electron chi connectivity index (χ4n) is 3.38. The molecule has 0 spiro atoms. The minimum Gasteiger partial charge on any atom is -0.436 e. The van der Waals surface area contributed by atoms with Crippen molar-refractivity contribution in [2.45, 2.75) is 13.0 Å². The van der Waals surface area contributed by atoms with Gasteiger partial charge < -0.3 is 14.2 Å². The number of amides is 1. The first-order chi connectivity index (χ1) is 15.1. The molecule has 2 aromatic heterocycles. The number of nitrogens with zero attached hydrogens (tertiary/aromatic N) is 2. The zero-order valence-corrected chi connectivity index (χ0v) is 16.9. The largest absolute Gasteiger partial charge is 0.436 e. The highest BCUT2D eigenvalue weighted by Crippen LogP contribution is 2.25. The van der Waals surface area contributed by atoms with E-state index in [-0.39, 0.29) is 18.9 Å². The lowest BCUT2D eigenvalue weighted by Crippen LogP contribution is -2.19. The van der Waals surface area contributed by atoms with Crippen LogP contribution in [0.4, 0.5) is 5.69 Å². The molecule has 0 bridgehead atoms. The third kappa shape index (κ3) is 3.83. The third-order valence-electron chi connectivity index (χ3n) is 4.90. The zero-order chi connectivity index (χ0) is 21.4. The van der Waals surface area contributed by atoms with Crippen molar-refractivity contribution in [2.24, 2.45) is 0 Å². The Morgan fingerprint density at radius 2 is 1.81 bits per heavy atom. The average Bonchev–Trinajstić information content (AvgIpc) is 3.32. The van der Waals surface area contributed by atoms with Crippen LogP contribution < -0.4 is 11.1 Å². The Morgan fingerprint density at radius 1 is 1.00 bits per heavy atom. The van der Waals surface area contributed by atoms with E-state index >= 15 is 0 Å². The van der Waals surface area contributed by atoms with Crippen molar-refractivity contribution >= 4 is 45.4 Å². The monoisotopic (exact) mass is 433 g/mol. The number of nitrogens with one attached hydrogen (secondary N) is 1. The van der Waals surface area contributed by atoms with Gasteiger partial charge in [-0.2, -0.15) is 0 Å². The quantitative estimate of drug-likeness (QED) is 0.417.